The highest BCUT2D eigenvalue weighted by Gasteiger charge is 2.27. The molecule has 0 spiro atoms. The van der Waals surface area contributed by atoms with E-state index in [1.165, 1.54) is 16.7 Å². The molecule has 1 aromatic rings. The molecule has 0 aromatic heterocycles. The van der Waals surface area contributed by atoms with Crippen LogP contribution in [0.4, 0.5) is 0 Å². The van der Waals surface area contributed by atoms with Gasteiger partial charge in [0.2, 0.25) is 0 Å². The van der Waals surface area contributed by atoms with Crippen LogP contribution >= 0.6 is 0 Å². The molecule has 2 aliphatic heterocycles. The van der Waals surface area contributed by atoms with E-state index < -0.39 is 0 Å². The van der Waals surface area contributed by atoms with Crippen molar-refractivity contribution >= 4 is 0 Å². The summed E-state index contributed by atoms with van der Waals surface area (Å²) in [6.07, 6.45) is 0.638. The van der Waals surface area contributed by atoms with E-state index >= 15 is 0 Å². The highest BCUT2D eigenvalue weighted by molar-refractivity contribution is 5.36. The van der Waals surface area contributed by atoms with Crippen molar-refractivity contribution in [2.45, 2.75) is 31.7 Å². The van der Waals surface area contributed by atoms with Gasteiger partial charge in [-0.25, -0.2) is 0 Å². The Hall–Kier alpha value is -0.900. The van der Waals surface area contributed by atoms with Gasteiger partial charge in [0.1, 0.15) is 0 Å². The molecule has 3 heteroatoms. The van der Waals surface area contributed by atoms with Crippen LogP contribution in [0.5, 0.6) is 0 Å². The largest absolute Gasteiger partial charge is 0.391 e. The van der Waals surface area contributed by atoms with Gasteiger partial charge in [0, 0.05) is 13.1 Å². The molecule has 16 heavy (non-hydrogen) atoms. The van der Waals surface area contributed by atoms with E-state index in [4.69, 9.17) is 0 Å². The molecule has 3 rings (SSSR count). The van der Waals surface area contributed by atoms with E-state index in [0.29, 0.717) is 0 Å². The van der Waals surface area contributed by atoms with Crippen LogP contribution in [0.1, 0.15) is 29.2 Å². The number of nitrogens with zero attached hydrogens (tertiary/aromatic N) is 1. The maximum atomic E-state index is 9.87. The van der Waals surface area contributed by atoms with Crippen molar-refractivity contribution in [1.29, 1.82) is 0 Å². The molecule has 0 saturated carbocycles. The van der Waals surface area contributed by atoms with Gasteiger partial charge in [-0.05, 0) is 36.7 Å². The van der Waals surface area contributed by atoms with Gasteiger partial charge in [0.05, 0.1) is 12.1 Å². The van der Waals surface area contributed by atoms with Crippen LogP contribution in [0.25, 0.3) is 0 Å². The fraction of sp³-hybridized carbons (Fsp3) is 0.538. The standard InChI is InChI=1S/C13H18N2O/c1-15-7-10-3-2-9(6-11(10)8-15)13-12(16)4-5-14-13/h2-3,6,12-14,16H,4-5,7-8H2,1H3. The molecule has 2 N–H and O–H groups in total. The van der Waals surface area contributed by atoms with Gasteiger partial charge in [-0.1, -0.05) is 18.2 Å². The van der Waals surface area contributed by atoms with E-state index in [1.807, 2.05) is 0 Å². The Morgan fingerprint density at radius 2 is 2.12 bits per heavy atom. The molecule has 0 aliphatic carbocycles. The average molecular weight is 218 g/mol. The topological polar surface area (TPSA) is 35.5 Å². The van der Waals surface area contributed by atoms with E-state index in [9.17, 15) is 5.11 Å². The zero-order chi connectivity index (χ0) is 11.1. The van der Waals surface area contributed by atoms with Crippen molar-refractivity contribution in [3.05, 3.63) is 34.9 Å². The van der Waals surface area contributed by atoms with Crippen LogP contribution in [-0.2, 0) is 13.1 Å². The molecule has 0 bridgehead atoms. The minimum Gasteiger partial charge on any atom is -0.391 e. The SMILES string of the molecule is CN1Cc2ccc(C3NCCC3O)cc2C1. The fourth-order valence-corrected chi connectivity index (χ4v) is 2.81. The second-order valence-electron chi connectivity index (χ2n) is 4.99. The number of aliphatic hydroxyl groups is 1. The Morgan fingerprint density at radius 1 is 1.31 bits per heavy atom. The van der Waals surface area contributed by atoms with Crippen LogP contribution in [0.15, 0.2) is 18.2 Å². The number of nitrogens with one attached hydrogen (secondary N) is 1. The number of fused-ring (bicyclic) bond motifs is 1. The van der Waals surface area contributed by atoms with Crippen LogP contribution in [0.3, 0.4) is 0 Å². The molecule has 1 saturated heterocycles. The quantitative estimate of drug-likeness (QED) is 0.739. The number of hydrogen-bond donors (Lipinski definition) is 2. The van der Waals surface area contributed by atoms with E-state index in [0.717, 1.165) is 26.1 Å². The zero-order valence-electron chi connectivity index (χ0n) is 9.61. The summed E-state index contributed by atoms with van der Waals surface area (Å²) in [7, 11) is 2.14. The number of benzene rings is 1. The monoisotopic (exact) mass is 218 g/mol. The van der Waals surface area contributed by atoms with Crippen LogP contribution in [0, 0.1) is 0 Å². The summed E-state index contributed by atoms with van der Waals surface area (Å²) in [6.45, 7) is 3.01. The van der Waals surface area contributed by atoms with Crippen LogP contribution < -0.4 is 5.32 Å². The van der Waals surface area contributed by atoms with Gasteiger partial charge in [-0.15, -0.1) is 0 Å². The predicted octanol–water partition coefficient (Wildman–Crippen LogP) is 1.03. The lowest BCUT2D eigenvalue weighted by atomic mass is 9.99. The van der Waals surface area contributed by atoms with Gasteiger partial charge in [-0.3, -0.25) is 4.90 Å². The molecule has 3 nitrogen and oxygen atoms in total. The molecule has 1 aromatic carbocycles. The number of aliphatic hydroxyl groups excluding tert-OH is 1. The predicted molar refractivity (Wildman–Crippen MR) is 63.0 cm³/mol. The first kappa shape index (κ1) is 10.3. The molecule has 2 atom stereocenters. The third-order valence-corrected chi connectivity index (χ3v) is 3.66. The summed E-state index contributed by atoms with van der Waals surface area (Å²) in [6, 6.07) is 6.76. The van der Waals surface area contributed by atoms with Gasteiger partial charge in [0.25, 0.3) is 0 Å². The average Bonchev–Trinajstić information content (AvgIpc) is 2.81. The molecule has 0 amide bonds. The molecule has 86 valence electrons. The Bertz CT molecular complexity index is 405. The second kappa shape index (κ2) is 3.84. The molecular weight excluding hydrogens is 200 g/mol. The van der Waals surface area contributed by atoms with Gasteiger partial charge in [-0.2, -0.15) is 0 Å². The van der Waals surface area contributed by atoms with Gasteiger partial charge in [0.15, 0.2) is 0 Å². The van der Waals surface area contributed by atoms with Gasteiger partial charge < -0.3 is 10.4 Å². The molecule has 0 radical (unpaired) electrons. The smallest absolute Gasteiger partial charge is 0.0747 e. The summed E-state index contributed by atoms with van der Waals surface area (Å²) >= 11 is 0. The maximum absolute atomic E-state index is 9.87. The molecule has 2 aliphatic rings. The first-order chi connectivity index (χ1) is 7.74. The number of hydrogen-bond acceptors (Lipinski definition) is 3. The zero-order valence-corrected chi connectivity index (χ0v) is 9.61. The van der Waals surface area contributed by atoms with Crippen molar-refractivity contribution in [3.8, 4) is 0 Å². The van der Waals surface area contributed by atoms with Crippen molar-refractivity contribution in [2.75, 3.05) is 13.6 Å². The summed E-state index contributed by atoms with van der Waals surface area (Å²) in [5, 5.41) is 13.2. The van der Waals surface area contributed by atoms with E-state index in [-0.39, 0.29) is 12.1 Å². The minimum absolute atomic E-state index is 0.135. The summed E-state index contributed by atoms with van der Waals surface area (Å²) in [4.78, 5) is 2.31. The van der Waals surface area contributed by atoms with Crippen molar-refractivity contribution < 1.29 is 5.11 Å². The van der Waals surface area contributed by atoms with Crippen molar-refractivity contribution in [3.63, 3.8) is 0 Å². The fourth-order valence-electron chi connectivity index (χ4n) is 2.81. The Labute approximate surface area is 96.1 Å². The normalized spacial score (nSPS) is 29.6. The Morgan fingerprint density at radius 3 is 2.88 bits per heavy atom. The third kappa shape index (κ3) is 1.65. The molecule has 2 heterocycles. The van der Waals surface area contributed by atoms with Crippen molar-refractivity contribution in [1.82, 2.24) is 10.2 Å². The Balaban J connectivity index is 1.90. The first-order valence-electron chi connectivity index (χ1n) is 5.96. The minimum atomic E-state index is -0.225. The van der Waals surface area contributed by atoms with E-state index in [2.05, 4.69) is 35.5 Å². The van der Waals surface area contributed by atoms with E-state index in [1.54, 1.807) is 0 Å². The summed E-state index contributed by atoms with van der Waals surface area (Å²) < 4.78 is 0. The highest BCUT2D eigenvalue weighted by Crippen LogP contribution is 2.28. The summed E-state index contributed by atoms with van der Waals surface area (Å²) in [5.41, 5.74) is 4.08. The van der Waals surface area contributed by atoms with Crippen LogP contribution in [-0.4, -0.2) is 29.7 Å². The highest BCUT2D eigenvalue weighted by atomic mass is 16.3. The molecular formula is C13H18N2O. The van der Waals surface area contributed by atoms with Crippen molar-refractivity contribution in [2.24, 2.45) is 0 Å². The lowest BCUT2D eigenvalue weighted by molar-refractivity contribution is 0.160. The van der Waals surface area contributed by atoms with Crippen LogP contribution in [0.2, 0.25) is 0 Å². The lowest BCUT2D eigenvalue weighted by Gasteiger charge is -2.16. The maximum Gasteiger partial charge on any atom is 0.0747 e. The second-order valence-corrected chi connectivity index (χ2v) is 4.99. The lowest BCUT2D eigenvalue weighted by Crippen LogP contribution is -2.21. The third-order valence-electron chi connectivity index (χ3n) is 3.66. The number of rotatable bonds is 1. The molecule has 2 unspecified atom stereocenters. The van der Waals surface area contributed by atoms with Gasteiger partial charge >= 0.3 is 0 Å². The summed E-state index contributed by atoms with van der Waals surface area (Å²) in [5.74, 6) is 0. The Kier molecular flexibility index (Phi) is 2.46. The first-order valence-corrected chi connectivity index (χ1v) is 5.96. The molecule has 1 fully saturated rings.